The maximum Gasteiger partial charge on any atom is 0.461 e. The molecule has 0 aliphatic rings. The van der Waals surface area contributed by atoms with E-state index < -0.39 is 0 Å². The predicted octanol–water partition coefficient (Wildman–Crippen LogP) is 0.289. The predicted molar refractivity (Wildman–Crippen MR) is 40.5 cm³/mol. The van der Waals surface area contributed by atoms with Crippen LogP contribution in [0.4, 0.5) is 5.69 Å². The average Bonchev–Trinajstić information content (AvgIpc) is 2.03. The van der Waals surface area contributed by atoms with Crippen molar-refractivity contribution in [2.45, 2.75) is 0 Å². The Morgan fingerprint density at radius 2 is 2.00 bits per heavy atom. The van der Waals surface area contributed by atoms with Gasteiger partial charge in [-0.1, -0.05) is 18.2 Å². The molecule has 4 heteroatoms. The molecule has 52 valence electrons. The third-order valence-corrected chi connectivity index (χ3v) is 1.03. The van der Waals surface area contributed by atoms with Crippen LogP contribution >= 0.6 is 0 Å². The van der Waals surface area contributed by atoms with Crippen LogP contribution in [0.2, 0.25) is 0 Å². The van der Waals surface area contributed by atoms with Gasteiger partial charge in [0.15, 0.2) is 0 Å². The van der Waals surface area contributed by atoms with Gasteiger partial charge < -0.3 is 9.78 Å². The van der Waals surface area contributed by atoms with Crippen molar-refractivity contribution in [2.75, 3.05) is 5.48 Å². The molecule has 0 amide bonds. The Balaban J connectivity index is 2.43. The Kier molecular flexibility index (Phi) is 2.79. The van der Waals surface area contributed by atoms with Crippen molar-refractivity contribution < 1.29 is 9.78 Å². The molecule has 0 spiro atoms. The van der Waals surface area contributed by atoms with E-state index in [2.05, 4.69) is 10.2 Å². The number of benzene rings is 1. The minimum absolute atomic E-state index is 0.325. The molecule has 0 saturated heterocycles. The van der Waals surface area contributed by atoms with E-state index in [4.69, 9.17) is 5.02 Å². The highest BCUT2D eigenvalue weighted by Gasteiger charge is 1.86. The van der Waals surface area contributed by atoms with Crippen molar-refractivity contribution >= 4 is 13.4 Å². The fourth-order valence-electron chi connectivity index (χ4n) is 0.622. The van der Waals surface area contributed by atoms with Crippen molar-refractivity contribution in [2.24, 2.45) is 0 Å². The highest BCUT2D eigenvalue weighted by atomic mass is 16.6. The maximum absolute atomic E-state index is 8.24. The molecule has 10 heavy (non-hydrogen) atoms. The van der Waals surface area contributed by atoms with Gasteiger partial charge in [-0.15, -0.1) is 0 Å². The summed E-state index contributed by atoms with van der Waals surface area (Å²) in [6.45, 7) is 0. The molecule has 0 saturated carbocycles. The van der Waals surface area contributed by atoms with Gasteiger partial charge in [-0.25, -0.2) is 0 Å². The molecule has 2 N–H and O–H groups in total. The summed E-state index contributed by atoms with van der Waals surface area (Å²) < 4.78 is 4.53. The zero-order valence-electron chi connectivity index (χ0n) is 5.45. The molecule has 1 aromatic rings. The van der Waals surface area contributed by atoms with Gasteiger partial charge >= 0.3 is 7.69 Å². The molecule has 0 fully saturated rings. The fourth-order valence-corrected chi connectivity index (χ4v) is 0.622. The van der Waals surface area contributed by atoms with Crippen molar-refractivity contribution in [3.8, 4) is 0 Å². The lowest BCUT2D eigenvalue weighted by molar-refractivity contribution is 0.353. The van der Waals surface area contributed by atoms with Gasteiger partial charge in [0, 0.05) is 0 Å². The highest BCUT2D eigenvalue weighted by molar-refractivity contribution is 6.16. The summed E-state index contributed by atoms with van der Waals surface area (Å²) in [5, 5.41) is 8.24. The number of rotatable bonds is 3. The van der Waals surface area contributed by atoms with Crippen LogP contribution in [0.1, 0.15) is 0 Å². The van der Waals surface area contributed by atoms with Crippen molar-refractivity contribution in [3.05, 3.63) is 30.3 Å². The Bertz CT molecular complexity index is 180. The van der Waals surface area contributed by atoms with Gasteiger partial charge in [0.1, 0.15) is 0 Å². The first-order valence-electron chi connectivity index (χ1n) is 2.97. The zero-order valence-corrected chi connectivity index (χ0v) is 5.45. The van der Waals surface area contributed by atoms with E-state index >= 15 is 0 Å². The lowest BCUT2D eigenvalue weighted by Crippen LogP contribution is -2.04. The SMILES string of the molecule is OBONc1ccccc1. The highest BCUT2D eigenvalue weighted by Crippen LogP contribution is 2.03. The fraction of sp³-hybridized carbons (Fsp3) is 0. The molecule has 0 bridgehead atoms. The maximum atomic E-state index is 8.24. The van der Waals surface area contributed by atoms with Gasteiger partial charge in [-0.2, -0.15) is 0 Å². The van der Waals surface area contributed by atoms with E-state index in [1.165, 1.54) is 0 Å². The smallest absolute Gasteiger partial charge is 0.429 e. The van der Waals surface area contributed by atoms with Crippen LogP contribution in [0.15, 0.2) is 30.3 Å². The van der Waals surface area contributed by atoms with Crippen molar-refractivity contribution in [3.63, 3.8) is 0 Å². The summed E-state index contributed by atoms with van der Waals surface area (Å²) in [4.78, 5) is 0. The van der Waals surface area contributed by atoms with Gasteiger partial charge in [0.2, 0.25) is 0 Å². The van der Waals surface area contributed by atoms with E-state index in [9.17, 15) is 0 Å². The minimum atomic E-state index is -0.325. The topological polar surface area (TPSA) is 41.5 Å². The lowest BCUT2D eigenvalue weighted by Gasteiger charge is -2.01. The van der Waals surface area contributed by atoms with Crippen LogP contribution in [-0.2, 0) is 4.76 Å². The summed E-state index contributed by atoms with van der Waals surface area (Å²) in [7, 11) is -0.325. The number of anilines is 1. The molecule has 0 aromatic heterocycles. The molecule has 0 radical (unpaired) electrons. The van der Waals surface area contributed by atoms with Crippen molar-refractivity contribution in [1.82, 2.24) is 0 Å². The lowest BCUT2D eigenvalue weighted by atomic mass is 10.3. The molecule has 3 nitrogen and oxygen atoms in total. The van der Waals surface area contributed by atoms with Crippen molar-refractivity contribution in [1.29, 1.82) is 0 Å². The number of para-hydroxylation sites is 1. The van der Waals surface area contributed by atoms with Crippen LogP contribution in [-0.4, -0.2) is 12.7 Å². The Hall–Kier alpha value is -0.995. The number of nitrogens with one attached hydrogen (secondary N) is 1. The van der Waals surface area contributed by atoms with Gasteiger partial charge in [0.25, 0.3) is 0 Å². The molecular formula is C6H8BNO2. The first-order chi connectivity index (χ1) is 4.93. The Morgan fingerprint density at radius 3 is 2.60 bits per heavy atom. The number of hydrogen-bond acceptors (Lipinski definition) is 3. The minimum Gasteiger partial charge on any atom is -0.429 e. The molecule has 0 atom stereocenters. The van der Waals surface area contributed by atoms with E-state index in [1.807, 2.05) is 30.3 Å². The second-order valence-electron chi connectivity index (χ2n) is 1.74. The summed E-state index contributed by atoms with van der Waals surface area (Å²) in [5.41, 5.74) is 3.37. The standard InChI is InChI=1S/C6H8BNO2/c9-7-10-8-6-4-2-1-3-5-6/h1-5,7-9H. The van der Waals surface area contributed by atoms with E-state index in [0.717, 1.165) is 5.69 Å². The summed E-state index contributed by atoms with van der Waals surface area (Å²) in [6.07, 6.45) is 0. The zero-order chi connectivity index (χ0) is 7.23. The van der Waals surface area contributed by atoms with Crippen LogP contribution in [0, 0.1) is 0 Å². The molecule has 0 aliphatic carbocycles. The van der Waals surface area contributed by atoms with E-state index in [0.29, 0.717) is 0 Å². The summed E-state index contributed by atoms with van der Waals surface area (Å²) in [6, 6.07) is 9.35. The van der Waals surface area contributed by atoms with Gasteiger partial charge in [-0.05, 0) is 12.1 Å². The van der Waals surface area contributed by atoms with Crippen LogP contribution in [0.3, 0.4) is 0 Å². The van der Waals surface area contributed by atoms with Gasteiger partial charge in [0.05, 0.1) is 5.69 Å². The van der Waals surface area contributed by atoms with Gasteiger partial charge in [-0.3, -0.25) is 5.48 Å². The van der Waals surface area contributed by atoms with E-state index in [1.54, 1.807) is 0 Å². The quantitative estimate of drug-likeness (QED) is 0.464. The second kappa shape index (κ2) is 3.92. The first kappa shape index (κ1) is 7.12. The molecule has 0 unspecified atom stereocenters. The average molecular weight is 137 g/mol. The first-order valence-corrected chi connectivity index (χ1v) is 2.97. The van der Waals surface area contributed by atoms with Crippen LogP contribution in [0.25, 0.3) is 0 Å². The molecular weight excluding hydrogens is 129 g/mol. The summed E-state index contributed by atoms with van der Waals surface area (Å²) in [5.74, 6) is 0. The van der Waals surface area contributed by atoms with Crippen LogP contribution in [0.5, 0.6) is 0 Å². The van der Waals surface area contributed by atoms with Crippen LogP contribution < -0.4 is 5.48 Å². The Morgan fingerprint density at radius 1 is 1.30 bits per heavy atom. The third kappa shape index (κ3) is 2.09. The second-order valence-corrected chi connectivity index (χ2v) is 1.74. The van der Waals surface area contributed by atoms with E-state index in [-0.39, 0.29) is 7.69 Å². The largest absolute Gasteiger partial charge is 0.461 e. The molecule has 1 rings (SSSR count). The summed E-state index contributed by atoms with van der Waals surface area (Å²) >= 11 is 0. The molecule has 0 aliphatic heterocycles. The Labute approximate surface area is 59.9 Å². The monoisotopic (exact) mass is 137 g/mol. The normalized spacial score (nSPS) is 8.90. The molecule has 1 aromatic carbocycles. The number of hydrogen-bond donors (Lipinski definition) is 2. The third-order valence-electron chi connectivity index (χ3n) is 1.03. The molecule has 0 heterocycles.